The first kappa shape index (κ1) is 9.04. The minimum absolute atomic E-state index is 0.606. The summed E-state index contributed by atoms with van der Waals surface area (Å²) in [4.78, 5) is 2.29. The van der Waals surface area contributed by atoms with Gasteiger partial charge in [-0.25, -0.2) is 0 Å². The summed E-state index contributed by atoms with van der Waals surface area (Å²) in [6.07, 6.45) is 0. The fourth-order valence-electron chi connectivity index (χ4n) is 1.66. The summed E-state index contributed by atoms with van der Waals surface area (Å²) in [6.45, 7) is 2.10. The normalized spacial score (nSPS) is 19.1. The summed E-state index contributed by atoms with van der Waals surface area (Å²) in [5.74, 6) is 0. The van der Waals surface area contributed by atoms with Crippen molar-refractivity contribution in [3.63, 3.8) is 0 Å². The Hall–Kier alpha value is -1.53. The zero-order chi connectivity index (χ0) is 9.97. The van der Waals surface area contributed by atoms with Crippen LogP contribution in [0.3, 0.4) is 0 Å². The van der Waals surface area contributed by atoms with Gasteiger partial charge in [-0.2, -0.15) is 5.26 Å². The van der Waals surface area contributed by atoms with Crippen molar-refractivity contribution < 1.29 is 0 Å². The Morgan fingerprint density at radius 1 is 1.64 bits per heavy atom. The highest BCUT2D eigenvalue weighted by molar-refractivity contribution is 5.57. The molecule has 1 N–H and O–H groups in total. The Kier molecular flexibility index (Phi) is 2.38. The van der Waals surface area contributed by atoms with E-state index in [4.69, 9.17) is 5.26 Å². The Bertz CT molecular complexity index is 367. The molecule has 0 aromatic heterocycles. The molecule has 1 unspecified atom stereocenters. The van der Waals surface area contributed by atoms with Crippen molar-refractivity contribution in [1.82, 2.24) is 5.32 Å². The van der Waals surface area contributed by atoms with Crippen molar-refractivity contribution in [1.29, 1.82) is 5.26 Å². The SMILES string of the molecule is CNCC1CN1c1cccc(C#N)c1. The van der Waals surface area contributed by atoms with Gasteiger partial charge in [0.15, 0.2) is 0 Å². The third-order valence-corrected chi connectivity index (χ3v) is 2.46. The van der Waals surface area contributed by atoms with Gasteiger partial charge in [0.05, 0.1) is 17.7 Å². The predicted octanol–water partition coefficient (Wildman–Crippen LogP) is 0.966. The lowest BCUT2D eigenvalue weighted by molar-refractivity contribution is 0.791. The topological polar surface area (TPSA) is 38.8 Å². The van der Waals surface area contributed by atoms with Gasteiger partial charge in [0.2, 0.25) is 0 Å². The summed E-state index contributed by atoms with van der Waals surface area (Å²) < 4.78 is 0. The van der Waals surface area contributed by atoms with Crippen molar-refractivity contribution in [3.8, 4) is 6.07 Å². The number of anilines is 1. The van der Waals surface area contributed by atoms with E-state index in [1.807, 2.05) is 25.2 Å². The molecule has 0 amide bonds. The molecule has 1 aromatic carbocycles. The van der Waals surface area contributed by atoms with E-state index in [1.54, 1.807) is 0 Å². The van der Waals surface area contributed by atoms with Crippen LogP contribution < -0.4 is 10.2 Å². The first-order valence-electron chi connectivity index (χ1n) is 4.76. The molecule has 0 bridgehead atoms. The van der Waals surface area contributed by atoms with E-state index in [0.717, 1.165) is 24.3 Å². The molecule has 72 valence electrons. The number of hydrogen-bond acceptors (Lipinski definition) is 3. The quantitative estimate of drug-likeness (QED) is 0.716. The Morgan fingerprint density at radius 2 is 2.50 bits per heavy atom. The highest BCUT2D eigenvalue weighted by Crippen LogP contribution is 2.27. The van der Waals surface area contributed by atoms with Gasteiger partial charge >= 0.3 is 0 Å². The summed E-state index contributed by atoms with van der Waals surface area (Å²) in [5, 5.41) is 11.9. The van der Waals surface area contributed by atoms with Crippen LogP contribution in [0.1, 0.15) is 5.56 Å². The van der Waals surface area contributed by atoms with Crippen LogP contribution in [0, 0.1) is 11.3 Å². The van der Waals surface area contributed by atoms with Crippen LogP contribution in [0.4, 0.5) is 5.69 Å². The fourth-order valence-corrected chi connectivity index (χ4v) is 1.66. The maximum atomic E-state index is 8.75. The van der Waals surface area contributed by atoms with E-state index < -0.39 is 0 Å². The Balaban J connectivity index is 2.08. The second-order valence-electron chi connectivity index (χ2n) is 3.53. The first-order valence-corrected chi connectivity index (χ1v) is 4.76. The van der Waals surface area contributed by atoms with Crippen LogP contribution in [0.5, 0.6) is 0 Å². The maximum absolute atomic E-state index is 8.75. The Labute approximate surface area is 84.0 Å². The number of nitriles is 1. The first-order chi connectivity index (χ1) is 6.85. The van der Waals surface area contributed by atoms with Crippen molar-refractivity contribution in [2.75, 3.05) is 25.0 Å². The van der Waals surface area contributed by atoms with Crippen LogP contribution in [-0.4, -0.2) is 26.2 Å². The fraction of sp³-hybridized carbons (Fsp3) is 0.364. The van der Waals surface area contributed by atoms with Crippen LogP contribution in [0.25, 0.3) is 0 Å². The number of nitrogens with zero attached hydrogens (tertiary/aromatic N) is 2. The van der Waals surface area contributed by atoms with Crippen molar-refractivity contribution in [3.05, 3.63) is 29.8 Å². The lowest BCUT2D eigenvalue weighted by Crippen LogP contribution is -2.17. The zero-order valence-electron chi connectivity index (χ0n) is 8.20. The largest absolute Gasteiger partial charge is 0.363 e. The Morgan fingerprint density at radius 3 is 3.21 bits per heavy atom. The molecule has 3 nitrogen and oxygen atoms in total. The monoisotopic (exact) mass is 187 g/mol. The number of benzene rings is 1. The average Bonchev–Trinajstić information content (AvgIpc) is 2.98. The maximum Gasteiger partial charge on any atom is 0.0992 e. The molecule has 14 heavy (non-hydrogen) atoms. The zero-order valence-corrected chi connectivity index (χ0v) is 8.20. The van der Waals surface area contributed by atoms with E-state index in [0.29, 0.717) is 6.04 Å². The van der Waals surface area contributed by atoms with Crippen molar-refractivity contribution in [2.45, 2.75) is 6.04 Å². The summed E-state index contributed by atoms with van der Waals surface area (Å²) in [7, 11) is 1.96. The van der Waals surface area contributed by atoms with Gasteiger partial charge in [0.1, 0.15) is 0 Å². The van der Waals surface area contributed by atoms with Crippen molar-refractivity contribution >= 4 is 5.69 Å². The number of rotatable bonds is 3. The van der Waals surface area contributed by atoms with Gasteiger partial charge in [0.25, 0.3) is 0 Å². The molecule has 3 heteroatoms. The van der Waals surface area contributed by atoms with Crippen LogP contribution in [-0.2, 0) is 0 Å². The molecule has 1 aliphatic rings. The molecule has 0 radical (unpaired) electrons. The summed E-state index contributed by atoms with van der Waals surface area (Å²) in [5.41, 5.74) is 1.89. The minimum Gasteiger partial charge on any atom is -0.363 e. The second-order valence-corrected chi connectivity index (χ2v) is 3.53. The van der Waals surface area contributed by atoms with E-state index >= 15 is 0 Å². The van der Waals surface area contributed by atoms with Gasteiger partial charge in [-0.1, -0.05) is 6.07 Å². The van der Waals surface area contributed by atoms with Gasteiger partial charge in [-0.15, -0.1) is 0 Å². The standard InChI is InChI=1S/C11H13N3/c1-13-7-11-8-14(11)10-4-2-3-9(5-10)6-12/h2-5,11,13H,7-8H2,1H3. The smallest absolute Gasteiger partial charge is 0.0992 e. The highest BCUT2D eigenvalue weighted by atomic mass is 15.3. The molecular weight excluding hydrogens is 174 g/mol. The third kappa shape index (κ3) is 1.70. The number of nitrogens with one attached hydrogen (secondary N) is 1. The van der Waals surface area contributed by atoms with Crippen LogP contribution in [0.2, 0.25) is 0 Å². The van der Waals surface area contributed by atoms with Gasteiger partial charge < -0.3 is 10.2 Å². The molecule has 1 atom stereocenters. The summed E-state index contributed by atoms with van der Waals surface area (Å²) >= 11 is 0. The lowest BCUT2D eigenvalue weighted by atomic mass is 10.2. The molecule has 0 saturated carbocycles. The minimum atomic E-state index is 0.606. The van der Waals surface area contributed by atoms with Gasteiger partial charge in [-0.3, -0.25) is 0 Å². The highest BCUT2D eigenvalue weighted by Gasteiger charge is 2.33. The predicted molar refractivity (Wildman–Crippen MR) is 56.2 cm³/mol. The number of likely N-dealkylation sites (N-methyl/N-ethyl adjacent to an activating group) is 1. The molecule has 1 saturated heterocycles. The van der Waals surface area contributed by atoms with Gasteiger partial charge in [0, 0.05) is 18.8 Å². The molecule has 2 rings (SSSR count). The van der Waals surface area contributed by atoms with E-state index in [2.05, 4.69) is 22.4 Å². The number of hydrogen-bond donors (Lipinski definition) is 1. The lowest BCUT2D eigenvalue weighted by Gasteiger charge is -2.05. The van der Waals surface area contributed by atoms with E-state index in [9.17, 15) is 0 Å². The third-order valence-electron chi connectivity index (χ3n) is 2.46. The molecule has 1 aromatic rings. The van der Waals surface area contributed by atoms with Gasteiger partial charge in [-0.05, 0) is 25.2 Å². The van der Waals surface area contributed by atoms with Crippen molar-refractivity contribution in [2.24, 2.45) is 0 Å². The summed E-state index contributed by atoms with van der Waals surface area (Å²) in [6, 6.07) is 10.5. The molecular formula is C11H13N3. The molecule has 1 fully saturated rings. The van der Waals surface area contributed by atoms with Crippen LogP contribution in [0.15, 0.2) is 24.3 Å². The van der Waals surface area contributed by atoms with E-state index in [1.165, 1.54) is 0 Å². The molecule has 0 aliphatic carbocycles. The molecule has 0 spiro atoms. The van der Waals surface area contributed by atoms with E-state index in [-0.39, 0.29) is 0 Å². The molecule has 1 aliphatic heterocycles. The second kappa shape index (κ2) is 3.69. The average molecular weight is 187 g/mol. The molecule has 1 heterocycles. The van der Waals surface area contributed by atoms with Crippen LogP contribution >= 0.6 is 0 Å².